The lowest BCUT2D eigenvalue weighted by molar-refractivity contribution is -0.384. The molecule has 0 aliphatic carbocycles. The Bertz CT molecular complexity index is 571. The first-order valence-electron chi connectivity index (χ1n) is 6.28. The fourth-order valence-electron chi connectivity index (χ4n) is 2.33. The molecule has 2 atom stereocenters. The molecule has 0 spiro atoms. The third-order valence-corrected chi connectivity index (χ3v) is 3.47. The summed E-state index contributed by atoms with van der Waals surface area (Å²) in [7, 11) is 1.22. The molecule has 1 aliphatic heterocycles. The molecule has 2 rings (SSSR count). The quantitative estimate of drug-likeness (QED) is 0.381. The minimum absolute atomic E-state index is 0.00442. The highest BCUT2D eigenvalue weighted by Crippen LogP contribution is 2.33. The highest BCUT2D eigenvalue weighted by molar-refractivity contribution is 5.87. The van der Waals surface area contributed by atoms with E-state index in [1.165, 1.54) is 19.2 Å². The van der Waals surface area contributed by atoms with Crippen LogP contribution in [0.25, 0.3) is 0 Å². The summed E-state index contributed by atoms with van der Waals surface area (Å²) in [5.41, 5.74) is 0.853. The molecule has 0 aromatic heterocycles. The van der Waals surface area contributed by atoms with Gasteiger partial charge in [-0.3, -0.25) is 15.0 Å². The van der Waals surface area contributed by atoms with Crippen LogP contribution in [0.2, 0.25) is 0 Å². The normalized spacial score (nSPS) is 20.0. The number of hydrogen-bond donors (Lipinski definition) is 1. The van der Waals surface area contributed by atoms with Gasteiger partial charge in [0.05, 0.1) is 18.1 Å². The van der Waals surface area contributed by atoms with Crippen LogP contribution in [0.5, 0.6) is 0 Å². The molecule has 1 amide bonds. The van der Waals surface area contributed by atoms with Crippen molar-refractivity contribution in [2.24, 2.45) is 0 Å². The lowest BCUT2D eigenvalue weighted by atomic mass is 10.1. The van der Waals surface area contributed by atoms with E-state index < -0.39 is 29.1 Å². The van der Waals surface area contributed by atoms with Crippen molar-refractivity contribution in [3.8, 4) is 0 Å². The molecule has 112 valence electrons. The monoisotopic (exact) mass is 294 g/mol. The van der Waals surface area contributed by atoms with Gasteiger partial charge in [0.2, 0.25) is 0 Å². The fraction of sp³-hybridized carbons (Fsp3) is 0.385. The summed E-state index contributed by atoms with van der Waals surface area (Å²) >= 11 is 0. The van der Waals surface area contributed by atoms with Crippen LogP contribution in [-0.4, -0.2) is 46.2 Å². The Hall–Kier alpha value is -2.64. The van der Waals surface area contributed by atoms with Crippen molar-refractivity contribution < 1.29 is 24.4 Å². The predicted octanol–water partition coefficient (Wildman–Crippen LogP) is 1.43. The lowest BCUT2D eigenvalue weighted by Gasteiger charge is -2.00. The number of benzene rings is 1. The molecule has 1 aromatic rings. The topological polar surface area (TPSA) is 110 Å². The van der Waals surface area contributed by atoms with Gasteiger partial charge in [-0.25, -0.2) is 9.59 Å². The molecule has 1 heterocycles. The summed E-state index contributed by atoms with van der Waals surface area (Å²) in [5.74, 6) is -0.564. The van der Waals surface area contributed by atoms with E-state index in [1.54, 1.807) is 12.1 Å². The number of carboxylic acid groups (broad SMARTS) is 1. The minimum Gasteiger partial charge on any atom is -0.467 e. The van der Waals surface area contributed by atoms with Gasteiger partial charge in [-0.2, -0.15) is 0 Å². The molecule has 21 heavy (non-hydrogen) atoms. The molecule has 1 fully saturated rings. The van der Waals surface area contributed by atoms with Gasteiger partial charge in [0, 0.05) is 12.1 Å². The molecule has 1 aromatic carbocycles. The third-order valence-electron chi connectivity index (χ3n) is 3.47. The Kier molecular flexibility index (Phi) is 4.06. The number of carbonyl (C=O) groups excluding carboxylic acids is 1. The average Bonchev–Trinajstić information content (AvgIpc) is 3.19. The van der Waals surface area contributed by atoms with Gasteiger partial charge in [0.1, 0.15) is 0 Å². The number of nitro groups is 1. The largest absolute Gasteiger partial charge is 0.467 e. The summed E-state index contributed by atoms with van der Waals surface area (Å²) in [6, 6.07) is 4.90. The average molecular weight is 294 g/mol. The fourth-order valence-corrected chi connectivity index (χ4v) is 2.33. The Morgan fingerprint density at radius 1 is 1.38 bits per heavy atom. The van der Waals surface area contributed by atoms with Gasteiger partial charge < -0.3 is 9.84 Å². The minimum atomic E-state index is -1.15. The number of nitrogens with zero attached hydrogens (tertiary/aromatic N) is 2. The van der Waals surface area contributed by atoms with Crippen molar-refractivity contribution in [2.75, 3.05) is 7.11 Å². The highest BCUT2D eigenvalue weighted by Gasteiger charge is 2.56. The molecule has 0 radical (unpaired) electrons. The van der Waals surface area contributed by atoms with E-state index >= 15 is 0 Å². The van der Waals surface area contributed by atoms with Crippen LogP contribution < -0.4 is 0 Å². The zero-order valence-electron chi connectivity index (χ0n) is 11.3. The predicted molar refractivity (Wildman–Crippen MR) is 70.9 cm³/mol. The SMILES string of the molecule is COC(=O)[C@@H]1[C@H](CCc2ccc([N+](=O)[O-])cc2)N1C(=O)O. The molecule has 1 aliphatic rings. The maximum atomic E-state index is 11.4. The summed E-state index contributed by atoms with van der Waals surface area (Å²) in [5, 5.41) is 19.5. The Balaban J connectivity index is 1.95. The van der Waals surface area contributed by atoms with Gasteiger partial charge in [0.15, 0.2) is 6.04 Å². The first-order valence-corrected chi connectivity index (χ1v) is 6.28. The Morgan fingerprint density at radius 2 is 2.00 bits per heavy atom. The van der Waals surface area contributed by atoms with E-state index in [9.17, 15) is 19.7 Å². The standard InChI is InChI=1S/C13H14N2O6/c1-21-12(16)11-10(14(11)13(17)18)7-4-8-2-5-9(6-3-8)15(19)20/h2-3,5-6,10-11H,4,7H2,1H3,(H,17,18)/t10-,11-,14?/m0/s1. The van der Waals surface area contributed by atoms with Crippen molar-refractivity contribution in [1.82, 2.24) is 4.90 Å². The lowest BCUT2D eigenvalue weighted by Crippen LogP contribution is -2.17. The first kappa shape index (κ1) is 14.8. The molecular formula is C13H14N2O6. The Labute approximate surface area is 120 Å². The van der Waals surface area contributed by atoms with Crippen molar-refractivity contribution >= 4 is 17.7 Å². The maximum Gasteiger partial charge on any atom is 0.408 e. The number of methoxy groups -OCH3 is 1. The summed E-state index contributed by atoms with van der Waals surface area (Å²) in [6.45, 7) is 0. The molecular weight excluding hydrogens is 280 g/mol. The van der Waals surface area contributed by atoms with Crippen molar-refractivity contribution in [2.45, 2.75) is 24.9 Å². The van der Waals surface area contributed by atoms with E-state index in [-0.39, 0.29) is 5.69 Å². The van der Waals surface area contributed by atoms with Crippen LogP contribution in [0.4, 0.5) is 10.5 Å². The van der Waals surface area contributed by atoms with E-state index in [0.29, 0.717) is 12.8 Å². The number of ether oxygens (including phenoxy) is 1. The molecule has 0 bridgehead atoms. The van der Waals surface area contributed by atoms with Crippen LogP contribution in [0.15, 0.2) is 24.3 Å². The number of hydrogen-bond acceptors (Lipinski definition) is 5. The summed E-state index contributed by atoms with van der Waals surface area (Å²) < 4.78 is 4.56. The number of aryl methyl sites for hydroxylation is 1. The number of nitro benzene ring substituents is 1. The number of amides is 1. The second-order valence-electron chi connectivity index (χ2n) is 4.69. The smallest absolute Gasteiger partial charge is 0.408 e. The molecule has 8 nitrogen and oxygen atoms in total. The summed E-state index contributed by atoms with van der Waals surface area (Å²) in [4.78, 5) is 33.5. The van der Waals surface area contributed by atoms with Crippen molar-refractivity contribution in [3.05, 3.63) is 39.9 Å². The van der Waals surface area contributed by atoms with Gasteiger partial charge in [0.25, 0.3) is 5.69 Å². The van der Waals surface area contributed by atoms with Crippen LogP contribution in [0, 0.1) is 10.1 Å². The zero-order chi connectivity index (χ0) is 15.6. The third kappa shape index (κ3) is 3.10. The second-order valence-corrected chi connectivity index (χ2v) is 4.69. The van der Waals surface area contributed by atoms with Crippen molar-refractivity contribution in [1.29, 1.82) is 0 Å². The van der Waals surface area contributed by atoms with Gasteiger partial charge in [-0.05, 0) is 18.4 Å². The highest BCUT2D eigenvalue weighted by atomic mass is 16.6. The first-order chi connectivity index (χ1) is 9.95. The van der Waals surface area contributed by atoms with Crippen LogP contribution in [0.1, 0.15) is 12.0 Å². The molecule has 1 N–H and O–H groups in total. The number of esters is 1. The molecule has 8 heteroatoms. The maximum absolute atomic E-state index is 11.4. The van der Waals surface area contributed by atoms with Gasteiger partial charge in [-0.15, -0.1) is 0 Å². The van der Waals surface area contributed by atoms with E-state index in [4.69, 9.17) is 5.11 Å². The number of rotatable bonds is 5. The zero-order valence-corrected chi connectivity index (χ0v) is 11.3. The molecule has 1 saturated heterocycles. The Morgan fingerprint density at radius 3 is 2.48 bits per heavy atom. The molecule has 0 saturated carbocycles. The second kappa shape index (κ2) is 5.78. The van der Waals surface area contributed by atoms with Crippen molar-refractivity contribution in [3.63, 3.8) is 0 Å². The van der Waals surface area contributed by atoms with Crippen LogP contribution >= 0.6 is 0 Å². The van der Waals surface area contributed by atoms with Gasteiger partial charge in [-0.1, -0.05) is 12.1 Å². The van der Waals surface area contributed by atoms with E-state index in [0.717, 1.165) is 10.5 Å². The summed E-state index contributed by atoms with van der Waals surface area (Å²) in [6.07, 6.45) is -0.164. The molecule has 0 unspecified atom stereocenters. The number of carbonyl (C=O) groups is 2. The van der Waals surface area contributed by atoms with Crippen LogP contribution in [-0.2, 0) is 16.0 Å². The van der Waals surface area contributed by atoms with Gasteiger partial charge >= 0.3 is 12.1 Å². The number of non-ortho nitro benzene ring substituents is 1. The van der Waals surface area contributed by atoms with E-state index in [1.807, 2.05) is 0 Å². The van der Waals surface area contributed by atoms with E-state index in [2.05, 4.69) is 4.74 Å². The van der Waals surface area contributed by atoms with Crippen LogP contribution in [0.3, 0.4) is 0 Å².